The lowest BCUT2D eigenvalue weighted by molar-refractivity contribution is -0.116. The number of carbonyl (C=O) groups is 1. The Hall–Kier alpha value is -3.02. The number of aryl methyl sites for hydroxylation is 1. The highest BCUT2D eigenvalue weighted by Crippen LogP contribution is 2.22. The second kappa shape index (κ2) is 9.26. The van der Waals surface area contributed by atoms with Crippen LogP contribution in [0.4, 0.5) is 5.95 Å². The monoisotopic (exact) mass is 378 g/mol. The van der Waals surface area contributed by atoms with Gasteiger partial charge in [-0.2, -0.15) is 0 Å². The zero-order chi connectivity index (χ0) is 19.9. The summed E-state index contributed by atoms with van der Waals surface area (Å²) in [6.45, 7) is 4.86. The molecular weight excluding hydrogens is 352 g/mol. The zero-order valence-corrected chi connectivity index (χ0v) is 16.4. The van der Waals surface area contributed by atoms with Crippen molar-refractivity contribution < 1.29 is 4.79 Å². The Morgan fingerprint density at radius 2 is 1.82 bits per heavy atom. The third-order valence-corrected chi connectivity index (χ3v) is 4.69. The number of amides is 1. The van der Waals surface area contributed by atoms with Crippen molar-refractivity contribution in [1.29, 1.82) is 0 Å². The number of rotatable bonds is 8. The summed E-state index contributed by atoms with van der Waals surface area (Å²) in [5, 5.41) is 4.32. The van der Waals surface area contributed by atoms with E-state index in [1.165, 1.54) is 0 Å². The molecule has 2 heterocycles. The van der Waals surface area contributed by atoms with Crippen LogP contribution in [0.2, 0.25) is 0 Å². The molecule has 0 unspecified atom stereocenters. The van der Waals surface area contributed by atoms with Gasteiger partial charge in [0, 0.05) is 42.5 Å². The molecule has 3 aromatic rings. The third kappa shape index (κ3) is 4.63. The lowest BCUT2D eigenvalue weighted by Gasteiger charge is -2.08. The second-order valence-corrected chi connectivity index (χ2v) is 6.92. The standard InChI is InChI=1S/C22H26N4O2/c1-3-5-6-7-20(27)25-22-23-14-18(15-24-22)17-9-8-16-10-12-26(11-4-2)21(28)19(16)13-17/h8-10,12-15H,3-7,11H2,1-2H3,(H,23,24,25,27). The third-order valence-electron chi connectivity index (χ3n) is 4.69. The SMILES string of the molecule is CCCCCC(=O)Nc1ncc(-c2ccc3ccn(CCC)c(=O)c3c2)cn1. The van der Waals surface area contributed by atoms with Gasteiger partial charge in [0.2, 0.25) is 11.9 Å². The molecule has 0 fully saturated rings. The van der Waals surface area contributed by atoms with E-state index in [0.717, 1.165) is 42.2 Å². The fourth-order valence-corrected chi connectivity index (χ4v) is 3.14. The van der Waals surface area contributed by atoms with Crippen LogP contribution in [0.15, 0.2) is 47.7 Å². The van der Waals surface area contributed by atoms with E-state index in [1.807, 2.05) is 30.5 Å². The number of anilines is 1. The number of nitrogens with one attached hydrogen (secondary N) is 1. The van der Waals surface area contributed by atoms with Crippen molar-refractivity contribution in [3.63, 3.8) is 0 Å². The summed E-state index contributed by atoms with van der Waals surface area (Å²) >= 11 is 0. The molecule has 0 saturated carbocycles. The van der Waals surface area contributed by atoms with Gasteiger partial charge in [-0.1, -0.05) is 38.8 Å². The fraction of sp³-hybridized carbons (Fsp3) is 0.364. The van der Waals surface area contributed by atoms with Crippen LogP contribution in [-0.4, -0.2) is 20.4 Å². The fourth-order valence-electron chi connectivity index (χ4n) is 3.14. The van der Waals surface area contributed by atoms with Crippen LogP contribution in [0.1, 0.15) is 46.0 Å². The number of hydrogen-bond donors (Lipinski definition) is 1. The number of pyridine rings is 1. The van der Waals surface area contributed by atoms with Gasteiger partial charge in [0.05, 0.1) is 0 Å². The molecule has 0 radical (unpaired) electrons. The summed E-state index contributed by atoms with van der Waals surface area (Å²) < 4.78 is 1.74. The van der Waals surface area contributed by atoms with Gasteiger partial charge in [0.25, 0.3) is 5.56 Å². The minimum absolute atomic E-state index is 0.0121. The first-order valence-electron chi connectivity index (χ1n) is 9.88. The van der Waals surface area contributed by atoms with Crippen molar-refractivity contribution in [2.75, 3.05) is 5.32 Å². The smallest absolute Gasteiger partial charge is 0.258 e. The van der Waals surface area contributed by atoms with Crippen molar-refractivity contribution in [1.82, 2.24) is 14.5 Å². The Bertz CT molecular complexity index is 1010. The highest BCUT2D eigenvalue weighted by atomic mass is 16.1. The number of aromatic nitrogens is 3. The van der Waals surface area contributed by atoms with Gasteiger partial charge in [0.15, 0.2) is 0 Å². The number of unbranched alkanes of at least 4 members (excludes halogenated alkanes) is 2. The van der Waals surface area contributed by atoms with Crippen LogP contribution in [-0.2, 0) is 11.3 Å². The topological polar surface area (TPSA) is 76.9 Å². The minimum Gasteiger partial charge on any atom is -0.315 e. The van der Waals surface area contributed by atoms with Crippen molar-refractivity contribution in [2.24, 2.45) is 0 Å². The number of nitrogens with zero attached hydrogens (tertiary/aromatic N) is 3. The molecule has 0 bridgehead atoms. The summed E-state index contributed by atoms with van der Waals surface area (Å²) in [4.78, 5) is 33.0. The van der Waals surface area contributed by atoms with Gasteiger partial charge in [-0.15, -0.1) is 0 Å². The van der Waals surface area contributed by atoms with E-state index in [0.29, 0.717) is 24.3 Å². The summed E-state index contributed by atoms with van der Waals surface area (Å²) in [5.74, 6) is 0.236. The van der Waals surface area contributed by atoms with Gasteiger partial charge < -0.3 is 4.57 Å². The Labute approximate surface area is 164 Å². The van der Waals surface area contributed by atoms with Crippen molar-refractivity contribution in [3.05, 3.63) is 53.2 Å². The van der Waals surface area contributed by atoms with E-state index in [2.05, 4.69) is 29.1 Å². The molecule has 3 rings (SSSR count). The maximum Gasteiger partial charge on any atom is 0.258 e. The highest BCUT2D eigenvalue weighted by molar-refractivity contribution is 5.89. The van der Waals surface area contributed by atoms with Crippen molar-refractivity contribution in [2.45, 2.75) is 52.5 Å². The van der Waals surface area contributed by atoms with E-state index < -0.39 is 0 Å². The molecule has 0 spiro atoms. The molecule has 0 saturated heterocycles. The molecule has 6 nitrogen and oxygen atoms in total. The Kier molecular flexibility index (Phi) is 6.53. The first-order valence-corrected chi connectivity index (χ1v) is 9.88. The molecule has 146 valence electrons. The Balaban J connectivity index is 1.79. The number of fused-ring (bicyclic) bond motifs is 1. The molecular formula is C22H26N4O2. The molecule has 0 aliphatic rings. The summed E-state index contributed by atoms with van der Waals surface area (Å²) in [6, 6.07) is 7.73. The molecule has 0 aliphatic carbocycles. The number of carbonyl (C=O) groups excluding carboxylic acids is 1. The molecule has 1 N–H and O–H groups in total. The normalized spacial score (nSPS) is 10.9. The lowest BCUT2D eigenvalue weighted by atomic mass is 10.0. The summed E-state index contributed by atoms with van der Waals surface area (Å²) in [5.41, 5.74) is 1.69. The van der Waals surface area contributed by atoms with Crippen LogP contribution in [0, 0.1) is 0 Å². The number of hydrogen-bond acceptors (Lipinski definition) is 4. The molecule has 0 aliphatic heterocycles. The molecule has 6 heteroatoms. The Morgan fingerprint density at radius 3 is 2.54 bits per heavy atom. The van der Waals surface area contributed by atoms with Gasteiger partial charge in [-0.25, -0.2) is 9.97 Å². The Morgan fingerprint density at radius 1 is 1.04 bits per heavy atom. The molecule has 2 aromatic heterocycles. The highest BCUT2D eigenvalue weighted by Gasteiger charge is 2.08. The van der Waals surface area contributed by atoms with Crippen LogP contribution in [0.3, 0.4) is 0 Å². The summed E-state index contributed by atoms with van der Waals surface area (Å²) in [7, 11) is 0. The zero-order valence-electron chi connectivity index (χ0n) is 16.4. The van der Waals surface area contributed by atoms with Gasteiger partial charge in [-0.3, -0.25) is 14.9 Å². The average Bonchev–Trinajstić information content (AvgIpc) is 2.71. The minimum atomic E-state index is -0.0663. The maximum absolute atomic E-state index is 12.7. The average molecular weight is 378 g/mol. The van der Waals surface area contributed by atoms with Gasteiger partial charge in [0.1, 0.15) is 0 Å². The predicted molar refractivity (Wildman–Crippen MR) is 112 cm³/mol. The van der Waals surface area contributed by atoms with Crippen LogP contribution < -0.4 is 10.9 Å². The summed E-state index contributed by atoms with van der Waals surface area (Å²) in [6.07, 6.45) is 9.55. The van der Waals surface area contributed by atoms with Crippen LogP contribution in [0.25, 0.3) is 21.9 Å². The van der Waals surface area contributed by atoms with E-state index in [1.54, 1.807) is 17.0 Å². The lowest BCUT2D eigenvalue weighted by Crippen LogP contribution is -2.19. The quantitative estimate of drug-likeness (QED) is 0.590. The number of benzene rings is 1. The predicted octanol–water partition coefficient (Wildman–Crippen LogP) is 4.39. The first-order chi connectivity index (χ1) is 13.6. The van der Waals surface area contributed by atoms with E-state index in [9.17, 15) is 9.59 Å². The maximum atomic E-state index is 12.7. The second-order valence-electron chi connectivity index (χ2n) is 6.92. The molecule has 0 atom stereocenters. The molecule has 1 aromatic carbocycles. The largest absolute Gasteiger partial charge is 0.315 e. The van der Waals surface area contributed by atoms with Crippen molar-refractivity contribution >= 4 is 22.6 Å². The molecule has 1 amide bonds. The van der Waals surface area contributed by atoms with Gasteiger partial charge >= 0.3 is 0 Å². The van der Waals surface area contributed by atoms with Crippen molar-refractivity contribution in [3.8, 4) is 11.1 Å². The van der Waals surface area contributed by atoms with Gasteiger partial charge in [-0.05, 0) is 35.9 Å². The van der Waals surface area contributed by atoms with E-state index in [-0.39, 0.29) is 11.5 Å². The van der Waals surface area contributed by atoms with Crippen LogP contribution in [0.5, 0.6) is 0 Å². The first kappa shape index (κ1) is 19.7. The van der Waals surface area contributed by atoms with E-state index in [4.69, 9.17) is 0 Å². The molecule has 28 heavy (non-hydrogen) atoms. The van der Waals surface area contributed by atoms with E-state index >= 15 is 0 Å². The van der Waals surface area contributed by atoms with Crippen LogP contribution >= 0.6 is 0 Å².